The van der Waals surface area contributed by atoms with Crippen molar-refractivity contribution < 1.29 is 23.8 Å². The second-order valence-corrected chi connectivity index (χ2v) is 7.39. The summed E-state index contributed by atoms with van der Waals surface area (Å²) in [7, 11) is 2.76. The van der Waals surface area contributed by atoms with Crippen molar-refractivity contribution in [2.75, 3.05) is 14.2 Å². The predicted octanol–water partition coefficient (Wildman–Crippen LogP) is 5.98. The van der Waals surface area contributed by atoms with Crippen molar-refractivity contribution in [3.05, 3.63) is 112 Å². The van der Waals surface area contributed by atoms with Crippen LogP contribution in [0, 0.1) is 0 Å². The van der Waals surface area contributed by atoms with Crippen LogP contribution >= 0.6 is 11.6 Å². The molecule has 3 aromatic carbocycles. The van der Waals surface area contributed by atoms with Crippen molar-refractivity contribution >= 4 is 35.0 Å². The van der Waals surface area contributed by atoms with Crippen molar-refractivity contribution in [1.29, 1.82) is 0 Å². The maximum absolute atomic E-state index is 12.9. The molecule has 33 heavy (non-hydrogen) atoms. The zero-order valence-electron chi connectivity index (χ0n) is 18.3. The molecule has 0 amide bonds. The Morgan fingerprint density at radius 1 is 0.909 bits per heavy atom. The fourth-order valence-corrected chi connectivity index (χ4v) is 3.33. The summed E-state index contributed by atoms with van der Waals surface area (Å²) in [4.78, 5) is 25.1. The Morgan fingerprint density at radius 2 is 1.64 bits per heavy atom. The van der Waals surface area contributed by atoms with Gasteiger partial charge in [-0.2, -0.15) is 0 Å². The van der Waals surface area contributed by atoms with Crippen LogP contribution in [0.15, 0.2) is 85.1 Å². The number of rotatable bonds is 9. The summed E-state index contributed by atoms with van der Waals surface area (Å²) >= 11 is 6.14. The molecule has 0 saturated carbocycles. The Morgan fingerprint density at radius 3 is 2.36 bits per heavy atom. The van der Waals surface area contributed by atoms with E-state index >= 15 is 0 Å². The number of hydrogen-bond acceptors (Lipinski definition) is 5. The van der Waals surface area contributed by atoms with Crippen LogP contribution in [-0.4, -0.2) is 26.0 Å². The van der Waals surface area contributed by atoms with Gasteiger partial charge in [-0.3, -0.25) is 4.79 Å². The van der Waals surface area contributed by atoms with Gasteiger partial charge in [-0.25, -0.2) is 4.79 Å². The molecule has 5 nitrogen and oxygen atoms in total. The van der Waals surface area contributed by atoms with Crippen molar-refractivity contribution in [1.82, 2.24) is 0 Å². The Labute approximate surface area is 197 Å². The lowest BCUT2D eigenvalue weighted by molar-refractivity contribution is -0.133. The van der Waals surface area contributed by atoms with Gasteiger partial charge in [-0.1, -0.05) is 72.3 Å². The van der Waals surface area contributed by atoms with E-state index in [1.165, 1.54) is 26.6 Å². The highest BCUT2D eigenvalue weighted by atomic mass is 35.5. The Hall–Kier alpha value is -3.83. The van der Waals surface area contributed by atoms with E-state index in [1.807, 2.05) is 42.5 Å². The smallest absolute Gasteiger partial charge is 0.341 e. The quantitative estimate of drug-likeness (QED) is 0.169. The first-order valence-corrected chi connectivity index (χ1v) is 10.5. The highest BCUT2D eigenvalue weighted by molar-refractivity contribution is 6.31. The largest absolute Gasteiger partial charge is 0.503 e. The first kappa shape index (κ1) is 23.8. The van der Waals surface area contributed by atoms with Gasteiger partial charge in [0.15, 0.2) is 5.78 Å². The minimum Gasteiger partial charge on any atom is -0.503 e. The molecule has 0 heterocycles. The van der Waals surface area contributed by atoms with Crippen LogP contribution in [0.5, 0.6) is 5.75 Å². The van der Waals surface area contributed by atoms with Gasteiger partial charge < -0.3 is 14.2 Å². The minimum atomic E-state index is -0.530. The molecule has 0 aliphatic heterocycles. The van der Waals surface area contributed by atoms with Gasteiger partial charge >= 0.3 is 5.97 Å². The molecule has 0 bridgehead atoms. The molecule has 168 valence electrons. The molecule has 0 aliphatic carbocycles. The molecule has 0 spiro atoms. The average Bonchev–Trinajstić information content (AvgIpc) is 2.85. The van der Waals surface area contributed by atoms with E-state index in [2.05, 4.69) is 0 Å². The van der Waals surface area contributed by atoms with E-state index in [0.717, 1.165) is 11.1 Å². The first-order valence-electron chi connectivity index (χ1n) is 10.1. The number of methoxy groups -OCH3 is 2. The summed E-state index contributed by atoms with van der Waals surface area (Å²) in [6, 6.07) is 21.6. The summed E-state index contributed by atoms with van der Waals surface area (Å²) in [5.41, 5.74) is 2.84. The lowest BCUT2D eigenvalue weighted by Crippen LogP contribution is -2.09. The number of carbonyl (C=O) groups is 2. The average molecular weight is 463 g/mol. The van der Waals surface area contributed by atoms with Crippen molar-refractivity contribution in [2.24, 2.45) is 0 Å². The molecular formula is C27H23ClO5. The Bertz CT molecular complexity index is 1180. The van der Waals surface area contributed by atoms with Gasteiger partial charge in [-0.05, 0) is 41.0 Å². The molecule has 3 rings (SSSR count). The minimum absolute atomic E-state index is 0.110. The molecule has 3 aromatic rings. The van der Waals surface area contributed by atoms with Crippen LogP contribution < -0.4 is 4.74 Å². The number of carbonyl (C=O) groups excluding carboxylic acids is 2. The number of ketones is 1. The Balaban J connectivity index is 1.86. The number of ether oxygens (including phenoxy) is 3. The summed E-state index contributed by atoms with van der Waals surface area (Å²) in [5, 5.41) is 0.426. The number of benzene rings is 3. The monoisotopic (exact) mass is 462 g/mol. The lowest BCUT2D eigenvalue weighted by atomic mass is 10.0. The standard InChI is InChI=1S/C27H23ClO5/c1-31-18-24(27(30)32-2)22-11-7-6-10-20(22)17-33-26-15-13-21(28)16-23(26)25(29)14-12-19-8-4-3-5-9-19/h3-16,18H,17H2,1-2H3/b14-12+,24-18+. The number of hydrogen-bond donors (Lipinski definition) is 0. The predicted molar refractivity (Wildman–Crippen MR) is 129 cm³/mol. The summed E-state index contributed by atoms with van der Waals surface area (Å²) in [5.74, 6) is -0.385. The molecular weight excluding hydrogens is 440 g/mol. The normalized spacial score (nSPS) is 11.3. The van der Waals surface area contributed by atoms with Gasteiger partial charge in [0.1, 0.15) is 17.9 Å². The van der Waals surface area contributed by atoms with Crippen LogP contribution in [0.4, 0.5) is 0 Å². The van der Waals surface area contributed by atoms with Crippen molar-refractivity contribution in [2.45, 2.75) is 6.61 Å². The molecule has 0 aliphatic rings. The van der Waals surface area contributed by atoms with Gasteiger partial charge in [-0.15, -0.1) is 0 Å². The molecule has 0 unspecified atom stereocenters. The third-order valence-corrected chi connectivity index (χ3v) is 5.00. The Kier molecular flexibility index (Phi) is 8.44. The number of allylic oxidation sites excluding steroid dienone is 1. The molecule has 0 N–H and O–H groups in total. The molecule has 0 radical (unpaired) electrons. The number of halogens is 1. The van der Waals surface area contributed by atoms with Gasteiger partial charge in [0, 0.05) is 5.02 Å². The third kappa shape index (κ3) is 6.34. The SMILES string of the molecule is CO/C=C(/C(=O)OC)c1ccccc1COc1ccc(Cl)cc1C(=O)/C=C/c1ccccc1. The van der Waals surface area contributed by atoms with E-state index in [9.17, 15) is 9.59 Å². The topological polar surface area (TPSA) is 61.8 Å². The van der Waals surface area contributed by atoms with Crippen molar-refractivity contribution in [3.63, 3.8) is 0 Å². The maximum Gasteiger partial charge on any atom is 0.341 e. The first-order chi connectivity index (χ1) is 16.0. The highest BCUT2D eigenvalue weighted by Crippen LogP contribution is 2.27. The summed E-state index contributed by atoms with van der Waals surface area (Å²) in [6.07, 6.45) is 4.55. The van der Waals surface area contributed by atoms with E-state index in [4.69, 9.17) is 25.8 Å². The fourth-order valence-electron chi connectivity index (χ4n) is 3.16. The van der Waals surface area contributed by atoms with Gasteiger partial charge in [0.2, 0.25) is 0 Å². The van der Waals surface area contributed by atoms with Gasteiger partial charge in [0.25, 0.3) is 0 Å². The second-order valence-electron chi connectivity index (χ2n) is 6.95. The number of esters is 1. The summed E-state index contributed by atoms with van der Waals surface area (Å²) in [6.45, 7) is 0.110. The maximum atomic E-state index is 12.9. The molecule has 6 heteroatoms. The lowest BCUT2D eigenvalue weighted by Gasteiger charge is -2.14. The van der Waals surface area contributed by atoms with E-state index in [-0.39, 0.29) is 18.0 Å². The molecule has 0 atom stereocenters. The van der Waals surface area contributed by atoms with Crippen LogP contribution in [0.2, 0.25) is 5.02 Å². The van der Waals surface area contributed by atoms with E-state index < -0.39 is 5.97 Å². The van der Waals surface area contributed by atoms with E-state index in [1.54, 1.807) is 36.4 Å². The van der Waals surface area contributed by atoms with Crippen LogP contribution in [-0.2, 0) is 20.9 Å². The third-order valence-electron chi connectivity index (χ3n) is 4.77. The highest BCUT2D eigenvalue weighted by Gasteiger charge is 2.18. The molecule has 0 aromatic heterocycles. The molecule has 0 fully saturated rings. The van der Waals surface area contributed by atoms with Crippen LogP contribution in [0.1, 0.15) is 27.0 Å². The zero-order chi connectivity index (χ0) is 23.6. The molecule has 0 saturated heterocycles. The van der Waals surface area contributed by atoms with Crippen LogP contribution in [0.25, 0.3) is 11.6 Å². The zero-order valence-corrected chi connectivity index (χ0v) is 19.0. The van der Waals surface area contributed by atoms with Crippen LogP contribution in [0.3, 0.4) is 0 Å². The second kappa shape index (κ2) is 11.7. The summed E-state index contributed by atoms with van der Waals surface area (Å²) < 4.78 is 15.9. The fraction of sp³-hybridized carbons (Fsp3) is 0.111. The van der Waals surface area contributed by atoms with Gasteiger partial charge in [0.05, 0.1) is 26.0 Å². The van der Waals surface area contributed by atoms with E-state index in [0.29, 0.717) is 21.9 Å². The van der Waals surface area contributed by atoms with Crippen molar-refractivity contribution in [3.8, 4) is 5.75 Å².